The first-order valence-corrected chi connectivity index (χ1v) is 11.2. The number of hydrogen-bond donors (Lipinski definition) is 2. The maximum Gasteiger partial charge on any atom is 0.256 e. The molecule has 0 spiro atoms. The van der Waals surface area contributed by atoms with Crippen LogP contribution >= 0.6 is 11.3 Å². The largest absolute Gasteiger partial charge is 0.349 e. The van der Waals surface area contributed by atoms with E-state index in [0.29, 0.717) is 16.1 Å². The summed E-state index contributed by atoms with van der Waals surface area (Å²) in [6.07, 6.45) is 1.97. The maximum atomic E-state index is 13.0. The zero-order chi connectivity index (χ0) is 21.4. The van der Waals surface area contributed by atoms with Gasteiger partial charge in [0.05, 0.1) is 5.56 Å². The van der Waals surface area contributed by atoms with E-state index >= 15 is 0 Å². The van der Waals surface area contributed by atoms with Gasteiger partial charge in [0, 0.05) is 16.5 Å². The fourth-order valence-corrected chi connectivity index (χ4v) is 4.34. The number of anilines is 1. The fourth-order valence-electron chi connectivity index (χ4n) is 3.28. The number of aryl methyl sites for hydroxylation is 1. The van der Waals surface area contributed by atoms with Crippen molar-refractivity contribution in [3.8, 4) is 0 Å². The van der Waals surface area contributed by atoms with Crippen LogP contribution in [0.1, 0.15) is 64.8 Å². The summed E-state index contributed by atoms with van der Waals surface area (Å²) in [5.74, 6) is -0.321. The third kappa shape index (κ3) is 6.41. The molecule has 0 bridgehead atoms. The fraction of sp³-hybridized carbons (Fsp3) is 0.478. The van der Waals surface area contributed by atoms with Crippen molar-refractivity contribution in [1.29, 1.82) is 0 Å². The molecule has 0 aliphatic rings. The SMILES string of the molecule is CCN(CC)CCC[C@@H](C)NC(=O)c1c(NC(=O)c2ccccc2)sc(C)c1C. The molecule has 0 radical (unpaired) electrons. The molecule has 2 N–H and O–H groups in total. The number of amides is 2. The highest BCUT2D eigenvalue weighted by atomic mass is 32.1. The molecule has 2 rings (SSSR count). The standard InChI is InChI=1S/C23H33N3O2S/c1-6-26(7-2)15-11-12-16(3)24-22(28)20-17(4)18(5)29-23(20)25-21(27)19-13-9-8-10-14-19/h8-10,13-14,16H,6-7,11-12,15H2,1-5H3,(H,24,28)(H,25,27)/t16-/m1/s1. The third-order valence-electron chi connectivity index (χ3n) is 5.26. The summed E-state index contributed by atoms with van der Waals surface area (Å²) in [5.41, 5.74) is 2.07. The number of nitrogens with zero attached hydrogens (tertiary/aromatic N) is 1. The zero-order valence-electron chi connectivity index (χ0n) is 18.2. The summed E-state index contributed by atoms with van der Waals surface area (Å²) in [6, 6.07) is 9.13. The Labute approximate surface area is 178 Å². The van der Waals surface area contributed by atoms with Crippen molar-refractivity contribution in [3.05, 3.63) is 51.9 Å². The molecule has 0 aliphatic heterocycles. The first kappa shape index (κ1) is 23.1. The average molecular weight is 416 g/mol. The van der Waals surface area contributed by atoms with Crippen molar-refractivity contribution in [2.24, 2.45) is 0 Å². The van der Waals surface area contributed by atoms with Gasteiger partial charge in [-0.05, 0) is 70.9 Å². The molecule has 158 valence electrons. The van der Waals surface area contributed by atoms with Gasteiger partial charge < -0.3 is 15.5 Å². The molecule has 0 unspecified atom stereocenters. The number of carbonyl (C=O) groups is 2. The highest BCUT2D eigenvalue weighted by Gasteiger charge is 2.22. The van der Waals surface area contributed by atoms with Crippen LogP contribution in [0, 0.1) is 13.8 Å². The van der Waals surface area contributed by atoms with E-state index < -0.39 is 0 Å². The van der Waals surface area contributed by atoms with Gasteiger partial charge in [-0.1, -0.05) is 32.0 Å². The number of hydrogen-bond acceptors (Lipinski definition) is 4. The number of carbonyl (C=O) groups excluding carboxylic acids is 2. The summed E-state index contributed by atoms with van der Waals surface area (Å²) in [6.45, 7) is 13.4. The summed E-state index contributed by atoms with van der Waals surface area (Å²) in [5, 5.41) is 6.65. The first-order valence-electron chi connectivity index (χ1n) is 10.4. The van der Waals surface area contributed by atoms with Gasteiger partial charge in [-0.3, -0.25) is 9.59 Å². The second-order valence-electron chi connectivity index (χ2n) is 7.35. The number of benzene rings is 1. The van der Waals surface area contributed by atoms with Crippen molar-refractivity contribution in [1.82, 2.24) is 10.2 Å². The summed E-state index contributed by atoms with van der Waals surface area (Å²) >= 11 is 1.45. The van der Waals surface area contributed by atoms with Gasteiger partial charge in [-0.2, -0.15) is 0 Å². The molecule has 2 aromatic rings. The highest BCUT2D eigenvalue weighted by molar-refractivity contribution is 7.16. The molecule has 1 aromatic heterocycles. The Morgan fingerprint density at radius 2 is 1.72 bits per heavy atom. The van der Waals surface area contributed by atoms with E-state index in [4.69, 9.17) is 0 Å². The van der Waals surface area contributed by atoms with Crippen LogP contribution in [-0.2, 0) is 0 Å². The molecule has 6 heteroatoms. The molecule has 5 nitrogen and oxygen atoms in total. The molecule has 0 saturated heterocycles. The van der Waals surface area contributed by atoms with Crippen LogP contribution in [-0.4, -0.2) is 42.4 Å². The van der Waals surface area contributed by atoms with Gasteiger partial charge in [0.2, 0.25) is 0 Å². The topological polar surface area (TPSA) is 61.4 Å². The van der Waals surface area contributed by atoms with Crippen LogP contribution < -0.4 is 10.6 Å². The van der Waals surface area contributed by atoms with E-state index in [0.717, 1.165) is 42.9 Å². The van der Waals surface area contributed by atoms with Crippen molar-refractivity contribution in [3.63, 3.8) is 0 Å². The lowest BCUT2D eigenvalue weighted by atomic mass is 10.1. The molecule has 1 atom stereocenters. The first-order chi connectivity index (χ1) is 13.9. The zero-order valence-corrected chi connectivity index (χ0v) is 19.0. The summed E-state index contributed by atoms with van der Waals surface area (Å²) < 4.78 is 0. The van der Waals surface area contributed by atoms with Gasteiger partial charge in [-0.25, -0.2) is 0 Å². The lowest BCUT2D eigenvalue weighted by molar-refractivity contribution is 0.0938. The minimum Gasteiger partial charge on any atom is -0.349 e. The Bertz CT molecular complexity index is 813. The quantitative estimate of drug-likeness (QED) is 0.583. The third-order valence-corrected chi connectivity index (χ3v) is 6.38. The van der Waals surface area contributed by atoms with Gasteiger partial charge in [-0.15, -0.1) is 11.3 Å². The predicted octanol–water partition coefficient (Wildman–Crippen LogP) is 4.86. The molecular formula is C23H33N3O2S. The van der Waals surface area contributed by atoms with E-state index in [-0.39, 0.29) is 17.9 Å². The average Bonchev–Trinajstić information content (AvgIpc) is 2.99. The van der Waals surface area contributed by atoms with Crippen LogP contribution in [0.4, 0.5) is 5.00 Å². The minimum absolute atomic E-state index is 0.0790. The molecule has 1 aromatic carbocycles. The van der Waals surface area contributed by atoms with Crippen LogP contribution in [0.2, 0.25) is 0 Å². The van der Waals surface area contributed by atoms with Crippen LogP contribution in [0.3, 0.4) is 0 Å². The Balaban J connectivity index is 2.03. The van der Waals surface area contributed by atoms with E-state index in [2.05, 4.69) is 29.4 Å². The van der Waals surface area contributed by atoms with Crippen molar-refractivity contribution >= 4 is 28.2 Å². The smallest absolute Gasteiger partial charge is 0.256 e. The van der Waals surface area contributed by atoms with Gasteiger partial charge in [0.25, 0.3) is 11.8 Å². The van der Waals surface area contributed by atoms with Gasteiger partial charge in [0.15, 0.2) is 0 Å². The molecule has 1 heterocycles. The number of rotatable bonds is 10. The Morgan fingerprint density at radius 3 is 2.34 bits per heavy atom. The van der Waals surface area contributed by atoms with Crippen molar-refractivity contribution in [2.45, 2.75) is 53.5 Å². The monoisotopic (exact) mass is 415 g/mol. The van der Waals surface area contributed by atoms with Crippen LogP contribution in [0.25, 0.3) is 0 Å². The number of nitrogens with one attached hydrogen (secondary N) is 2. The van der Waals surface area contributed by atoms with E-state index in [1.54, 1.807) is 12.1 Å². The lowest BCUT2D eigenvalue weighted by Crippen LogP contribution is -2.34. The van der Waals surface area contributed by atoms with Crippen LogP contribution in [0.5, 0.6) is 0 Å². The van der Waals surface area contributed by atoms with Gasteiger partial charge in [0.1, 0.15) is 5.00 Å². The predicted molar refractivity (Wildman–Crippen MR) is 122 cm³/mol. The van der Waals surface area contributed by atoms with E-state index in [1.807, 2.05) is 39.0 Å². The highest BCUT2D eigenvalue weighted by Crippen LogP contribution is 2.32. The Kier molecular flexibility index (Phi) is 8.86. The number of thiophene rings is 1. The van der Waals surface area contributed by atoms with E-state index in [9.17, 15) is 9.59 Å². The Morgan fingerprint density at radius 1 is 1.07 bits per heavy atom. The van der Waals surface area contributed by atoms with Crippen molar-refractivity contribution < 1.29 is 9.59 Å². The second kappa shape index (κ2) is 11.1. The van der Waals surface area contributed by atoms with E-state index in [1.165, 1.54) is 11.3 Å². The lowest BCUT2D eigenvalue weighted by Gasteiger charge is -2.20. The van der Waals surface area contributed by atoms with Crippen LogP contribution in [0.15, 0.2) is 30.3 Å². The molecule has 0 saturated carbocycles. The molecule has 29 heavy (non-hydrogen) atoms. The summed E-state index contributed by atoms with van der Waals surface area (Å²) in [7, 11) is 0. The van der Waals surface area contributed by atoms with Crippen molar-refractivity contribution in [2.75, 3.05) is 25.0 Å². The Hall–Kier alpha value is -2.18. The van der Waals surface area contributed by atoms with Gasteiger partial charge >= 0.3 is 0 Å². The summed E-state index contributed by atoms with van der Waals surface area (Å²) in [4.78, 5) is 28.9. The minimum atomic E-state index is -0.201. The molecular weight excluding hydrogens is 382 g/mol. The second-order valence-corrected chi connectivity index (χ2v) is 8.58. The normalized spacial score (nSPS) is 12.1. The molecule has 2 amide bonds. The maximum absolute atomic E-state index is 13.0. The molecule has 0 fully saturated rings. The molecule has 0 aliphatic carbocycles.